The van der Waals surface area contributed by atoms with Gasteiger partial charge >= 0.3 is 0 Å². The summed E-state index contributed by atoms with van der Waals surface area (Å²) in [6.07, 6.45) is 3.31. The summed E-state index contributed by atoms with van der Waals surface area (Å²) in [4.78, 5) is 0. The molecule has 0 amide bonds. The van der Waals surface area contributed by atoms with Crippen LogP contribution in [0.2, 0.25) is 0 Å². The third-order valence-corrected chi connectivity index (χ3v) is 2.72. The van der Waals surface area contributed by atoms with E-state index in [0.717, 1.165) is 0 Å². The Balaban J connectivity index is 3.69. The Morgan fingerprint density at radius 3 is 1.91 bits per heavy atom. The Bertz CT molecular complexity index is 163. The molecule has 0 saturated heterocycles. The molecule has 0 atom stereocenters. The van der Waals surface area contributed by atoms with Crippen LogP contribution in [0.3, 0.4) is 0 Å². The fourth-order valence-electron chi connectivity index (χ4n) is 0.413. The summed E-state index contributed by atoms with van der Waals surface area (Å²) in [6, 6.07) is 0. The molecule has 11 heavy (non-hydrogen) atoms. The molecule has 2 nitrogen and oxygen atoms in total. The largest absolute Gasteiger partial charge is 0.325 e. The molecule has 4 heteroatoms. The summed E-state index contributed by atoms with van der Waals surface area (Å²) in [7, 11) is 0. The minimum atomic E-state index is -2.03. The molecule has 64 valence electrons. The number of rotatable bonds is 6. The zero-order valence-corrected chi connectivity index (χ0v) is 8.37. The van der Waals surface area contributed by atoms with E-state index in [4.69, 9.17) is 20.9 Å². The van der Waals surface area contributed by atoms with Crippen LogP contribution in [0.25, 0.3) is 0 Å². The lowest BCUT2D eigenvalue weighted by Crippen LogP contribution is -1.93. The Kier molecular flexibility index (Phi) is 5.69. The van der Waals surface area contributed by atoms with Gasteiger partial charge in [-0.15, -0.1) is 13.2 Å². The molecule has 0 radical (unpaired) electrons. The van der Waals surface area contributed by atoms with E-state index < -0.39 is 6.49 Å². The summed E-state index contributed by atoms with van der Waals surface area (Å²) in [5.41, 5.74) is 0. The summed E-state index contributed by atoms with van der Waals surface area (Å²) >= 11 is 5.05. The molecule has 0 heterocycles. The molecule has 0 fully saturated rings. The third kappa shape index (κ3) is 6.45. The minimum Gasteiger partial charge on any atom is -0.325 e. The van der Waals surface area contributed by atoms with Crippen molar-refractivity contribution in [1.82, 2.24) is 0 Å². The Morgan fingerprint density at radius 2 is 1.64 bits per heavy atom. The predicted molar refractivity (Wildman–Crippen MR) is 52.5 cm³/mol. The molecule has 0 rings (SSSR count). The Morgan fingerprint density at radius 1 is 1.27 bits per heavy atom. The topological polar surface area (TPSA) is 18.5 Å². The van der Waals surface area contributed by atoms with E-state index in [9.17, 15) is 0 Å². The van der Waals surface area contributed by atoms with Gasteiger partial charge in [-0.05, 0) is 11.8 Å². The van der Waals surface area contributed by atoms with E-state index in [1.807, 2.05) is 0 Å². The molecule has 0 aromatic rings. The van der Waals surface area contributed by atoms with Gasteiger partial charge in [0.05, 0.1) is 13.2 Å². The van der Waals surface area contributed by atoms with E-state index in [2.05, 4.69) is 13.2 Å². The molecule has 0 bridgehead atoms. The molecule has 0 spiro atoms. The van der Waals surface area contributed by atoms with E-state index in [-0.39, 0.29) is 0 Å². The first-order chi connectivity index (χ1) is 5.12. The van der Waals surface area contributed by atoms with Gasteiger partial charge in [0, 0.05) is 6.66 Å². The van der Waals surface area contributed by atoms with Gasteiger partial charge in [-0.2, -0.15) is 0 Å². The molecule has 0 aromatic carbocycles. The highest BCUT2D eigenvalue weighted by Crippen LogP contribution is 2.43. The standard InChI is InChI=1S/C7H13O2PS/c1-4-6-8-10(3,11)9-7-5-2/h4-5H,1-2,6-7H2,3H3. The number of hydrogen-bond donors (Lipinski definition) is 0. The van der Waals surface area contributed by atoms with E-state index >= 15 is 0 Å². The van der Waals surface area contributed by atoms with Crippen molar-refractivity contribution >= 4 is 18.3 Å². The van der Waals surface area contributed by atoms with Crippen molar-refractivity contribution in [3.05, 3.63) is 25.3 Å². The molecule has 0 aliphatic rings. The summed E-state index contributed by atoms with van der Waals surface area (Å²) in [5.74, 6) is 0. The second-order valence-electron chi connectivity index (χ2n) is 1.94. The van der Waals surface area contributed by atoms with Gasteiger partial charge in [0.25, 0.3) is 0 Å². The highest BCUT2D eigenvalue weighted by molar-refractivity contribution is 8.09. The van der Waals surface area contributed by atoms with Crippen molar-refractivity contribution < 1.29 is 9.05 Å². The lowest BCUT2D eigenvalue weighted by molar-refractivity contribution is 0.292. The van der Waals surface area contributed by atoms with Crippen molar-refractivity contribution in [2.45, 2.75) is 0 Å². The molecule has 0 saturated carbocycles. The SMILES string of the molecule is C=CCOP(C)(=S)OCC=C. The molecule has 0 aromatic heterocycles. The molecule has 0 aliphatic heterocycles. The second-order valence-corrected chi connectivity index (χ2v) is 5.99. The molecule has 0 aliphatic carbocycles. The van der Waals surface area contributed by atoms with Crippen molar-refractivity contribution in [1.29, 1.82) is 0 Å². The van der Waals surface area contributed by atoms with Gasteiger partial charge < -0.3 is 9.05 Å². The van der Waals surface area contributed by atoms with Crippen LogP contribution in [0.15, 0.2) is 25.3 Å². The highest BCUT2D eigenvalue weighted by Gasteiger charge is 2.08. The highest BCUT2D eigenvalue weighted by atomic mass is 32.5. The lowest BCUT2D eigenvalue weighted by Gasteiger charge is -2.15. The zero-order chi connectivity index (χ0) is 8.74. The van der Waals surface area contributed by atoms with E-state index in [0.29, 0.717) is 13.2 Å². The van der Waals surface area contributed by atoms with Crippen LogP contribution in [-0.4, -0.2) is 19.9 Å². The van der Waals surface area contributed by atoms with Crippen molar-refractivity contribution in [3.8, 4) is 0 Å². The van der Waals surface area contributed by atoms with Crippen LogP contribution < -0.4 is 0 Å². The van der Waals surface area contributed by atoms with Crippen LogP contribution in [0.5, 0.6) is 0 Å². The fourth-order valence-corrected chi connectivity index (χ4v) is 1.61. The smallest absolute Gasteiger partial charge is 0.186 e. The first-order valence-electron chi connectivity index (χ1n) is 3.21. The van der Waals surface area contributed by atoms with E-state index in [1.165, 1.54) is 0 Å². The first-order valence-corrected chi connectivity index (χ1v) is 6.29. The van der Waals surface area contributed by atoms with Crippen LogP contribution in [0.1, 0.15) is 0 Å². The van der Waals surface area contributed by atoms with Gasteiger partial charge in [0.2, 0.25) is 0 Å². The van der Waals surface area contributed by atoms with Crippen molar-refractivity contribution in [2.75, 3.05) is 19.9 Å². The zero-order valence-electron chi connectivity index (χ0n) is 6.66. The normalized spacial score (nSPS) is 11.0. The van der Waals surface area contributed by atoms with Crippen molar-refractivity contribution in [2.24, 2.45) is 0 Å². The minimum absolute atomic E-state index is 0.449. The maximum absolute atomic E-state index is 5.22. The quantitative estimate of drug-likeness (QED) is 0.475. The Hall–Kier alpha value is 0.0500. The molecular formula is C7H13O2PS. The van der Waals surface area contributed by atoms with Gasteiger partial charge in [-0.1, -0.05) is 12.2 Å². The number of hydrogen-bond acceptors (Lipinski definition) is 3. The average molecular weight is 192 g/mol. The Labute approximate surface area is 73.1 Å². The van der Waals surface area contributed by atoms with Crippen LogP contribution in [0.4, 0.5) is 0 Å². The van der Waals surface area contributed by atoms with Crippen LogP contribution >= 0.6 is 6.49 Å². The lowest BCUT2D eigenvalue weighted by atomic mass is 10.7. The molecule has 0 N–H and O–H groups in total. The predicted octanol–water partition coefficient (Wildman–Crippen LogP) is 2.33. The first kappa shape index (κ1) is 11.1. The monoisotopic (exact) mass is 192 g/mol. The van der Waals surface area contributed by atoms with Gasteiger partial charge in [-0.25, -0.2) is 0 Å². The van der Waals surface area contributed by atoms with Gasteiger partial charge in [-0.3, -0.25) is 0 Å². The molecular weight excluding hydrogens is 179 g/mol. The average Bonchev–Trinajstić information content (AvgIpc) is 1.97. The summed E-state index contributed by atoms with van der Waals surface area (Å²) in [5, 5.41) is 0. The maximum Gasteiger partial charge on any atom is 0.186 e. The van der Waals surface area contributed by atoms with Crippen LogP contribution in [-0.2, 0) is 20.9 Å². The second kappa shape index (κ2) is 5.67. The molecule has 0 unspecified atom stereocenters. The maximum atomic E-state index is 5.22. The fraction of sp³-hybridized carbons (Fsp3) is 0.429. The van der Waals surface area contributed by atoms with E-state index in [1.54, 1.807) is 18.8 Å². The van der Waals surface area contributed by atoms with Crippen molar-refractivity contribution in [3.63, 3.8) is 0 Å². The third-order valence-electron chi connectivity index (χ3n) is 0.854. The van der Waals surface area contributed by atoms with Gasteiger partial charge in [0.15, 0.2) is 6.49 Å². The van der Waals surface area contributed by atoms with Crippen LogP contribution in [0, 0.1) is 0 Å². The summed E-state index contributed by atoms with van der Waals surface area (Å²) < 4.78 is 10.4. The van der Waals surface area contributed by atoms with Gasteiger partial charge in [0.1, 0.15) is 0 Å². The summed E-state index contributed by atoms with van der Waals surface area (Å²) in [6.45, 7) is 7.68.